The Kier molecular flexibility index (Phi) is 9.54. The van der Waals surface area contributed by atoms with Crippen LogP contribution in [0.5, 0.6) is 0 Å². The second-order valence-corrected chi connectivity index (χ2v) is 16.9. The predicted molar refractivity (Wildman–Crippen MR) is 281 cm³/mol. The quantitative estimate of drug-likeness (QED) is 0.135. The molecule has 0 spiro atoms. The third kappa shape index (κ3) is 6.52. The third-order valence-corrected chi connectivity index (χ3v) is 13.1. The van der Waals surface area contributed by atoms with Crippen LogP contribution in [0.1, 0.15) is 18.2 Å². The van der Waals surface area contributed by atoms with Crippen LogP contribution in [-0.2, 0) is 0 Å². The summed E-state index contributed by atoms with van der Waals surface area (Å²) in [4.78, 5) is 2.40. The van der Waals surface area contributed by atoms with Crippen LogP contribution in [0.3, 0.4) is 0 Å². The Morgan fingerprint density at radius 3 is 1.67 bits per heavy atom. The Hall–Kier alpha value is -8.66. The predicted octanol–water partition coefficient (Wildman–Crippen LogP) is 18.0. The molecule has 0 unspecified atom stereocenters. The molecule has 2 aromatic heterocycles. The van der Waals surface area contributed by atoms with E-state index in [1.807, 2.05) is 31.2 Å². The molecule has 0 saturated heterocycles. The minimum atomic E-state index is 0.821. The fraction of sp³-hybridized carbons (Fsp3) is 0.0159. The van der Waals surface area contributed by atoms with Crippen molar-refractivity contribution in [3.05, 3.63) is 242 Å². The molecule has 3 heteroatoms. The van der Waals surface area contributed by atoms with Crippen LogP contribution in [0.25, 0.3) is 106 Å². The molecule has 0 saturated carbocycles. The minimum Gasteiger partial charge on any atom is -0.456 e. The van der Waals surface area contributed by atoms with E-state index in [2.05, 4.69) is 228 Å². The first-order valence-electron chi connectivity index (χ1n) is 22.6. The SMILES string of the molecule is C=Cc1c(/C=C\C)oc2cccc(-c3ccc(N(c4ccc(-c5ccc(-c6cccc(-n7c8ccccc8c8ccccc87)c6)cc5)cc4)c4cc5ccccc5c5ccccc45)cc3)c12. The number of aromatic nitrogens is 1. The molecule has 0 amide bonds. The molecule has 3 nitrogen and oxygen atoms in total. The average molecular weight is 845 g/mol. The lowest BCUT2D eigenvalue weighted by Gasteiger charge is -2.28. The number of benzene rings is 10. The molecule has 2 heterocycles. The maximum absolute atomic E-state index is 6.29. The van der Waals surface area contributed by atoms with Crippen LogP contribution >= 0.6 is 0 Å². The molecule has 66 heavy (non-hydrogen) atoms. The highest BCUT2D eigenvalue weighted by Gasteiger charge is 2.20. The van der Waals surface area contributed by atoms with Crippen molar-refractivity contribution in [1.82, 2.24) is 4.57 Å². The van der Waals surface area contributed by atoms with E-state index in [0.717, 1.165) is 61.7 Å². The molecule has 0 bridgehead atoms. The third-order valence-electron chi connectivity index (χ3n) is 13.1. The van der Waals surface area contributed by atoms with Gasteiger partial charge in [-0.1, -0.05) is 176 Å². The van der Waals surface area contributed by atoms with Gasteiger partial charge < -0.3 is 13.9 Å². The normalized spacial score (nSPS) is 11.7. The van der Waals surface area contributed by atoms with Crippen molar-refractivity contribution in [3.8, 4) is 39.1 Å². The molecule has 0 fully saturated rings. The molecular weight excluding hydrogens is 801 g/mol. The Labute approximate surface area is 384 Å². The highest BCUT2D eigenvalue weighted by atomic mass is 16.3. The van der Waals surface area contributed by atoms with Crippen LogP contribution in [0.2, 0.25) is 0 Å². The Morgan fingerprint density at radius 2 is 1.02 bits per heavy atom. The standard InChI is InChI=1S/C63H44N2O/c1-3-15-61-51(4-2)63-53(24-14-27-62(63)66-61)45-34-38-49(39-35-45)64(60-41-47-16-5-6-19-52(47)54-20-7-8-21-55(54)60)48-36-32-43(33-37-48)42-28-30-44(31-29-42)46-17-13-18-50(40-46)65-58-25-11-9-22-56(58)57-23-10-12-26-59(57)65/h3-41H,2H2,1H3/b15-3-. The van der Waals surface area contributed by atoms with Gasteiger partial charge in [0.05, 0.1) is 16.7 Å². The van der Waals surface area contributed by atoms with Crippen LogP contribution in [-0.4, -0.2) is 4.57 Å². The number of furan rings is 1. The fourth-order valence-corrected chi connectivity index (χ4v) is 10.0. The minimum absolute atomic E-state index is 0.821. The lowest BCUT2D eigenvalue weighted by molar-refractivity contribution is 0.603. The van der Waals surface area contributed by atoms with Gasteiger partial charge in [0.2, 0.25) is 0 Å². The Bertz CT molecular complexity index is 3780. The number of nitrogens with zero attached hydrogens (tertiary/aromatic N) is 2. The van der Waals surface area contributed by atoms with Gasteiger partial charge in [-0.25, -0.2) is 0 Å². The summed E-state index contributed by atoms with van der Waals surface area (Å²) in [6.07, 6.45) is 5.90. The van der Waals surface area contributed by atoms with Crippen LogP contribution < -0.4 is 4.90 Å². The van der Waals surface area contributed by atoms with Crippen molar-refractivity contribution in [2.45, 2.75) is 6.92 Å². The van der Waals surface area contributed by atoms with Gasteiger partial charge in [0.25, 0.3) is 0 Å². The summed E-state index contributed by atoms with van der Waals surface area (Å²) in [5, 5.41) is 8.46. The first-order chi connectivity index (χ1) is 32.6. The summed E-state index contributed by atoms with van der Waals surface area (Å²) in [6, 6.07) is 79.2. The molecule has 0 atom stereocenters. The highest BCUT2D eigenvalue weighted by Crippen LogP contribution is 2.44. The first kappa shape index (κ1) is 39.0. The smallest absolute Gasteiger partial charge is 0.136 e. The highest BCUT2D eigenvalue weighted by molar-refractivity contribution is 6.15. The summed E-state index contributed by atoms with van der Waals surface area (Å²) < 4.78 is 8.67. The van der Waals surface area contributed by atoms with Crippen molar-refractivity contribution in [3.63, 3.8) is 0 Å². The summed E-state index contributed by atoms with van der Waals surface area (Å²) in [5.74, 6) is 0.821. The maximum Gasteiger partial charge on any atom is 0.136 e. The van der Waals surface area contributed by atoms with Crippen LogP contribution in [0.4, 0.5) is 17.1 Å². The van der Waals surface area contributed by atoms with Crippen molar-refractivity contribution in [2.75, 3.05) is 4.90 Å². The molecular formula is C63H44N2O. The van der Waals surface area contributed by atoms with E-state index in [4.69, 9.17) is 4.42 Å². The summed E-state index contributed by atoms with van der Waals surface area (Å²) in [6.45, 7) is 6.15. The lowest BCUT2D eigenvalue weighted by atomic mass is 9.97. The summed E-state index contributed by atoms with van der Waals surface area (Å²) >= 11 is 0. The van der Waals surface area contributed by atoms with Gasteiger partial charge in [-0.2, -0.15) is 0 Å². The number of allylic oxidation sites excluding steroid dienone is 1. The zero-order valence-corrected chi connectivity index (χ0v) is 36.5. The van der Waals surface area contributed by atoms with Crippen molar-refractivity contribution in [2.24, 2.45) is 0 Å². The number of rotatable bonds is 9. The fourth-order valence-electron chi connectivity index (χ4n) is 10.0. The maximum atomic E-state index is 6.29. The van der Waals surface area contributed by atoms with Gasteiger partial charge in [-0.15, -0.1) is 0 Å². The summed E-state index contributed by atoms with van der Waals surface area (Å²) in [5.41, 5.74) is 15.6. The number of anilines is 3. The van der Waals surface area contributed by atoms with Crippen LogP contribution in [0, 0.1) is 0 Å². The molecule has 0 radical (unpaired) electrons. The van der Waals surface area contributed by atoms with E-state index in [0.29, 0.717) is 0 Å². The van der Waals surface area contributed by atoms with Crippen molar-refractivity contribution < 1.29 is 4.42 Å². The topological polar surface area (TPSA) is 21.3 Å². The van der Waals surface area contributed by atoms with Gasteiger partial charge >= 0.3 is 0 Å². The van der Waals surface area contributed by atoms with Gasteiger partial charge in [0.1, 0.15) is 11.3 Å². The van der Waals surface area contributed by atoms with E-state index in [1.165, 1.54) is 60.0 Å². The van der Waals surface area contributed by atoms with Crippen molar-refractivity contribution >= 4 is 83.5 Å². The molecule has 10 aromatic carbocycles. The second kappa shape index (κ2) is 16.2. The zero-order valence-electron chi connectivity index (χ0n) is 36.5. The van der Waals surface area contributed by atoms with E-state index in [-0.39, 0.29) is 0 Å². The molecule has 0 aliphatic carbocycles. The Morgan fingerprint density at radius 1 is 0.470 bits per heavy atom. The molecule has 0 N–H and O–H groups in total. The summed E-state index contributed by atoms with van der Waals surface area (Å²) in [7, 11) is 0. The molecule has 12 rings (SSSR count). The zero-order chi connectivity index (χ0) is 44.1. The molecule has 12 aromatic rings. The van der Waals surface area contributed by atoms with E-state index in [1.54, 1.807) is 0 Å². The first-order valence-corrected chi connectivity index (χ1v) is 22.6. The van der Waals surface area contributed by atoms with Gasteiger partial charge in [-0.05, 0) is 123 Å². The number of fused-ring (bicyclic) bond motifs is 7. The molecule has 0 aliphatic rings. The molecule has 0 aliphatic heterocycles. The van der Waals surface area contributed by atoms with E-state index >= 15 is 0 Å². The number of hydrogen-bond acceptors (Lipinski definition) is 2. The van der Waals surface area contributed by atoms with Gasteiger partial charge in [0, 0.05) is 44.2 Å². The van der Waals surface area contributed by atoms with E-state index in [9.17, 15) is 0 Å². The molecule has 312 valence electrons. The van der Waals surface area contributed by atoms with E-state index < -0.39 is 0 Å². The average Bonchev–Trinajstić information content (AvgIpc) is 3.92. The number of hydrogen-bond donors (Lipinski definition) is 0. The van der Waals surface area contributed by atoms with Crippen molar-refractivity contribution in [1.29, 1.82) is 0 Å². The van der Waals surface area contributed by atoms with Gasteiger partial charge in [-0.3, -0.25) is 0 Å². The van der Waals surface area contributed by atoms with Gasteiger partial charge in [0.15, 0.2) is 0 Å². The lowest BCUT2D eigenvalue weighted by Crippen LogP contribution is -2.10. The number of para-hydroxylation sites is 2. The Balaban J connectivity index is 0.914. The van der Waals surface area contributed by atoms with Crippen LogP contribution in [0.15, 0.2) is 235 Å². The monoisotopic (exact) mass is 844 g/mol. The second-order valence-electron chi connectivity index (χ2n) is 16.9. The largest absolute Gasteiger partial charge is 0.456 e.